The van der Waals surface area contributed by atoms with Crippen LogP contribution < -0.4 is 5.32 Å². The van der Waals surface area contributed by atoms with Crippen LogP contribution in [0.3, 0.4) is 0 Å². The van der Waals surface area contributed by atoms with Crippen molar-refractivity contribution in [3.63, 3.8) is 0 Å². The number of aromatic nitrogens is 1. The minimum Gasteiger partial charge on any atom is -0.317 e. The van der Waals surface area contributed by atoms with E-state index < -0.39 is 10.0 Å². The Bertz CT molecular complexity index is 475. The first-order valence-corrected chi connectivity index (χ1v) is 7.76. The molecule has 0 bridgehead atoms. The second kappa shape index (κ2) is 7.19. The molecular weight excluding hydrogens is 286 g/mol. The van der Waals surface area contributed by atoms with Crippen molar-refractivity contribution in [3.05, 3.63) is 30.1 Å². The van der Waals surface area contributed by atoms with Crippen LogP contribution in [0.2, 0.25) is 0 Å². The highest BCUT2D eigenvalue weighted by Crippen LogP contribution is 2.17. The summed E-state index contributed by atoms with van der Waals surface area (Å²) in [6.45, 7) is 1.78. The standard InChI is InChI=1S/C12H19N3O2S.ClH/c1-15(12-4-8-14-9-5-12)18(16,17)10-11-2-6-13-7-3-11;/h2-3,6-7,12,14H,4-5,8-10H2,1H3;1H. The Balaban J connectivity index is 0.00000180. The number of hydrogen-bond acceptors (Lipinski definition) is 4. The fourth-order valence-corrected chi connectivity index (χ4v) is 3.67. The van der Waals surface area contributed by atoms with Crippen LogP contribution in [0.25, 0.3) is 0 Å². The Morgan fingerprint density at radius 3 is 2.47 bits per heavy atom. The van der Waals surface area contributed by atoms with E-state index in [1.54, 1.807) is 31.6 Å². The Labute approximate surface area is 120 Å². The second-order valence-corrected chi connectivity index (χ2v) is 6.64. The predicted octanol–water partition coefficient (Wildman–Crippen LogP) is 1.02. The van der Waals surface area contributed by atoms with E-state index in [0.29, 0.717) is 0 Å². The molecule has 1 saturated heterocycles. The minimum atomic E-state index is -3.24. The molecule has 0 radical (unpaired) electrons. The Kier molecular flexibility index (Phi) is 6.19. The van der Waals surface area contributed by atoms with Gasteiger partial charge in [-0.05, 0) is 43.6 Å². The lowest BCUT2D eigenvalue weighted by Crippen LogP contribution is -2.44. The van der Waals surface area contributed by atoms with Crippen molar-refractivity contribution in [2.45, 2.75) is 24.6 Å². The summed E-state index contributed by atoms with van der Waals surface area (Å²) in [4.78, 5) is 3.89. The molecule has 0 atom stereocenters. The first kappa shape index (κ1) is 16.4. The van der Waals surface area contributed by atoms with Gasteiger partial charge >= 0.3 is 0 Å². The summed E-state index contributed by atoms with van der Waals surface area (Å²) in [5.41, 5.74) is 0.783. The van der Waals surface area contributed by atoms with Gasteiger partial charge < -0.3 is 5.32 Å². The average molecular weight is 306 g/mol. The van der Waals surface area contributed by atoms with E-state index in [1.807, 2.05) is 0 Å². The molecule has 0 spiro atoms. The Morgan fingerprint density at radius 2 is 1.89 bits per heavy atom. The lowest BCUT2D eigenvalue weighted by Gasteiger charge is -2.30. The first-order valence-electron chi connectivity index (χ1n) is 6.15. The maximum atomic E-state index is 12.3. The van der Waals surface area contributed by atoms with Gasteiger partial charge in [0.05, 0.1) is 5.75 Å². The van der Waals surface area contributed by atoms with E-state index in [1.165, 1.54) is 4.31 Å². The van der Waals surface area contributed by atoms with Crippen molar-refractivity contribution in [1.82, 2.24) is 14.6 Å². The molecule has 19 heavy (non-hydrogen) atoms. The number of halogens is 1. The third-order valence-electron chi connectivity index (χ3n) is 3.36. The number of piperidine rings is 1. The monoisotopic (exact) mass is 305 g/mol. The van der Waals surface area contributed by atoms with Gasteiger partial charge in [-0.3, -0.25) is 4.98 Å². The van der Waals surface area contributed by atoms with E-state index in [9.17, 15) is 8.42 Å². The number of sulfonamides is 1. The molecule has 5 nitrogen and oxygen atoms in total. The summed E-state index contributed by atoms with van der Waals surface area (Å²) >= 11 is 0. The lowest BCUT2D eigenvalue weighted by molar-refractivity contribution is 0.296. The highest BCUT2D eigenvalue weighted by molar-refractivity contribution is 7.88. The third-order valence-corrected chi connectivity index (χ3v) is 5.23. The summed E-state index contributed by atoms with van der Waals surface area (Å²) in [6.07, 6.45) is 5.00. The fraction of sp³-hybridized carbons (Fsp3) is 0.583. The molecule has 2 rings (SSSR count). The van der Waals surface area contributed by atoms with Crippen molar-refractivity contribution in [3.8, 4) is 0 Å². The summed E-state index contributed by atoms with van der Waals surface area (Å²) in [5, 5.41) is 3.24. The van der Waals surface area contributed by atoms with Crippen LogP contribution in [0.15, 0.2) is 24.5 Å². The van der Waals surface area contributed by atoms with E-state index in [0.717, 1.165) is 31.5 Å². The summed E-state index contributed by atoms with van der Waals surface area (Å²) in [7, 11) is -1.55. The predicted molar refractivity (Wildman–Crippen MR) is 77.8 cm³/mol. The van der Waals surface area contributed by atoms with Crippen LogP contribution in [0.1, 0.15) is 18.4 Å². The van der Waals surface area contributed by atoms with Gasteiger partial charge in [0, 0.05) is 25.5 Å². The molecule has 0 aromatic carbocycles. The summed E-state index contributed by atoms with van der Waals surface area (Å²) in [6, 6.07) is 3.61. The zero-order valence-electron chi connectivity index (χ0n) is 10.9. The van der Waals surface area contributed by atoms with Crippen LogP contribution in [0.5, 0.6) is 0 Å². The van der Waals surface area contributed by atoms with Gasteiger partial charge in [-0.25, -0.2) is 12.7 Å². The highest BCUT2D eigenvalue weighted by Gasteiger charge is 2.27. The first-order chi connectivity index (χ1) is 8.59. The number of nitrogens with one attached hydrogen (secondary N) is 1. The van der Waals surface area contributed by atoms with Gasteiger partial charge in [0.1, 0.15) is 0 Å². The molecule has 1 aromatic rings. The van der Waals surface area contributed by atoms with Gasteiger partial charge in [-0.15, -0.1) is 12.4 Å². The molecule has 1 aromatic heterocycles. The highest BCUT2D eigenvalue weighted by atomic mass is 35.5. The Hall–Kier alpha value is -0.690. The van der Waals surface area contributed by atoms with E-state index in [4.69, 9.17) is 0 Å². The van der Waals surface area contributed by atoms with Gasteiger partial charge in [-0.2, -0.15) is 0 Å². The van der Waals surface area contributed by atoms with Crippen molar-refractivity contribution in [2.24, 2.45) is 0 Å². The average Bonchev–Trinajstić information content (AvgIpc) is 2.39. The fourth-order valence-electron chi connectivity index (χ4n) is 2.19. The zero-order chi connectivity index (χ0) is 13.0. The summed E-state index contributed by atoms with van der Waals surface area (Å²) < 4.78 is 26.1. The molecular formula is C12H20ClN3O2S. The van der Waals surface area contributed by atoms with Crippen LogP contribution in [0, 0.1) is 0 Å². The second-order valence-electron chi connectivity index (χ2n) is 4.61. The van der Waals surface area contributed by atoms with Crippen LogP contribution in [0.4, 0.5) is 0 Å². The van der Waals surface area contributed by atoms with Crippen LogP contribution >= 0.6 is 12.4 Å². The molecule has 0 amide bonds. The minimum absolute atomic E-state index is 0. The van der Waals surface area contributed by atoms with E-state index in [-0.39, 0.29) is 24.2 Å². The molecule has 1 N–H and O–H groups in total. The SMILES string of the molecule is CN(C1CCNCC1)S(=O)(=O)Cc1ccncc1.Cl. The van der Waals surface area contributed by atoms with Gasteiger partial charge in [-0.1, -0.05) is 0 Å². The van der Waals surface area contributed by atoms with Crippen LogP contribution in [-0.2, 0) is 15.8 Å². The molecule has 108 valence electrons. The number of nitrogens with zero attached hydrogens (tertiary/aromatic N) is 2. The number of pyridine rings is 1. The maximum Gasteiger partial charge on any atom is 0.218 e. The number of rotatable bonds is 4. The molecule has 0 unspecified atom stereocenters. The third kappa shape index (κ3) is 4.42. The maximum absolute atomic E-state index is 12.3. The molecule has 1 fully saturated rings. The Morgan fingerprint density at radius 1 is 1.32 bits per heavy atom. The van der Waals surface area contributed by atoms with Crippen LogP contribution in [-0.4, -0.2) is 43.9 Å². The molecule has 0 aliphatic carbocycles. The largest absolute Gasteiger partial charge is 0.317 e. The normalized spacial score (nSPS) is 17.2. The van der Waals surface area contributed by atoms with Crippen molar-refractivity contribution in [1.29, 1.82) is 0 Å². The topological polar surface area (TPSA) is 62.3 Å². The van der Waals surface area contributed by atoms with E-state index >= 15 is 0 Å². The van der Waals surface area contributed by atoms with Crippen molar-refractivity contribution < 1.29 is 8.42 Å². The molecule has 2 heterocycles. The van der Waals surface area contributed by atoms with Gasteiger partial charge in [0.15, 0.2) is 0 Å². The van der Waals surface area contributed by atoms with Crippen molar-refractivity contribution >= 4 is 22.4 Å². The van der Waals surface area contributed by atoms with Crippen molar-refractivity contribution in [2.75, 3.05) is 20.1 Å². The van der Waals surface area contributed by atoms with Gasteiger partial charge in [0.25, 0.3) is 0 Å². The van der Waals surface area contributed by atoms with Gasteiger partial charge in [0.2, 0.25) is 10.0 Å². The zero-order valence-corrected chi connectivity index (χ0v) is 12.6. The molecule has 1 aliphatic heterocycles. The smallest absolute Gasteiger partial charge is 0.218 e. The summed E-state index contributed by atoms with van der Waals surface area (Å²) in [5.74, 6) is 0.0515. The molecule has 0 saturated carbocycles. The molecule has 7 heteroatoms. The number of hydrogen-bond donors (Lipinski definition) is 1. The molecule has 1 aliphatic rings. The lowest BCUT2D eigenvalue weighted by atomic mass is 10.1. The van der Waals surface area contributed by atoms with E-state index in [2.05, 4.69) is 10.3 Å². The quantitative estimate of drug-likeness (QED) is 0.902.